The van der Waals surface area contributed by atoms with Crippen LogP contribution in [0.15, 0.2) is 24.3 Å². The standard InChI is InChI=1S/C16H22N2O5S/c1-10(14(17)19)23-16(21)12(8-9-24-3)18-15(20)11-6-4-5-7-13(11)22-2/h4-7,10,12H,8-9H2,1-3H3,(H2,17,19)(H,18,20)/t10-,12-/m0/s1. The zero-order chi connectivity index (χ0) is 18.1. The van der Waals surface area contributed by atoms with Crippen LogP contribution in [0.2, 0.25) is 0 Å². The fraction of sp³-hybridized carbons (Fsp3) is 0.438. The van der Waals surface area contributed by atoms with E-state index in [-0.39, 0.29) is 0 Å². The van der Waals surface area contributed by atoms with E-state index in [2.05, 4.69) is 5.32 Å². The average molecular weight is 354 g/mol. The highest BCUT2D eigenvalue weighted by molar-refractivity contribution is 7.98. The van der Waals surface area contributed by atoms with Gasteiger partial charge in [-0.2, -0.15) is 11.8 Å². The zero-order valence-electron chi connectivity index (χ0n) is 13.9. The summed E-state index contributed by atoms with van der Waals surface area (Å²) < 4.78 is 10.1. The summed E-state index contributed by atoms with van der Waals surface area (Å²) in [6, 6.07) is 5.80. The summed E-state index contributed by atoms with van der Waals surface area (Å²) in [5, 5.41) is 2.63. The number of hydrogen-bond donors (Lipinski definition) is 2. The first kappa shape index (κ1) is 19.8. The van der Waals surface area contributed by atoms with Gasteiger partial charge in [-0.05, 0) is 37.5 Å². The first-order chi connectivity index (χ1) is 11.4. The molecular formula is C16H22N2O5S. The number of para-hydroxylation sites is 1. The fourth-order valence-corrected chi connectivity index (χ4v) is 2.34. The Morgan fingerprint density at radius 2 is 1.96 bits per heavy atom. The van der Waals surface area contributed by atoms with E-state index in [1.165, 1.54) is 25.8 Å². The van der Waals surface area contributed by atoms with Gasteiger partial charge in [-0.3, -0.25) is 9.59 Å². The fourth-order valence-electron chi connectivity index (χ4n) is 1.87. The normalized spacial score (nSPS) is 12.8. The van der Waals surface area contributed by atoms with Crippen LogP contribution in [0.4, 0.5) is 0 Å². The van der Waals surface area contributed by atoms with Gasteiger partial charge in [-0.1, -0.05) is 12.1 Å². The van der Waals surface area contributed by atoms with Gasteiger partial charge in [-0.15, -0.1) is 0 Å². The number of carbonyl (C=O) groups is 3. The molecule has 2 amide bonds. The summed E-state index contributed by atoms with van der Waals surface area (Å²) in [5.41, 5.74) is 5.40. The Bertz CT molecular complexity index is 594. The van der Waals surface area contributed by atoms with Crippen molar-refractivity contribution in [1.29, 1.82) is 0 Å². The van der Waals surface area contributed by atoms with Crippen molar-refractivity contribution < 1.29 is 23.9 Å². The molecule has 0 spiro atoms. The zero-order valence-corrected chi connectivity index (χ0v) is 14.7. The number of benzene rings is 1. The lowest BCUT2D eigenvalue weighted by Crippen LogP contribution is -2.44. The molecule has 0 radical (unpaired) electrons. The smallest absolute Gasteiger partial charge is 0.329 e. The second-order valence-corrected chi connectivity index (χ2v) is 5.97. The number of primary amides is 1. The summed E-state index contributed by atoms with van der Waals surface area (Å²) in [7, 11) is 1.46. The number of rotatable bonds is 9. The Hall–Kier alpha value is -2.22. The van der Waals surface area contributed by atoms with E-state index in [0.717, 1.165) is 0 Å². The van der Waals surface area contributed by atoms with Crippen LogP contribution < -0.4 is 15.8 Å². The minimum Gasteiger partial charge on any atom is -0.496 e. The van der Waals surface area contributed by atoms with Crippen LogP contribution in [0.5, 0.6) is 5.75 Å². The van der Waals surface area contributed by atoms with Crippen molar-refractivity contribution in [3.8, 4) is 5.75 Å². The topological polar surface area (TPSA) is 108 Å². The molecule has 8 heteroatoms. The largest absolute Gasteiger partial charge is 0.496 e. The van der Waals surface area contributed by atoms with Crippen molar-refractivity contribution in [3.63, 3.8) is 0 Å². The SMILES string of the molecule is COc1ccccc1C(=O)N[C@@H](CCSC)C(=O)O[C@@H](C)C(N)=O. The van der Waals surface area contributed by atoms with Crippen LogP contribution in [-0.4, -0.2) is 49.0 Å². The van der Waals surface area contributed by atoms with Gasteiger partial charge >= 0.3 is 5.97 Å². The molecule has 0 unspecified atom stereocenters. The number of hydrogen-bond acceptors (Lipinski definition) is 6. The molecule has 3 N–H and O–H groups in total. The van der Waals surface area contributed by atoms with Crippen molar-refractivity contribution in [2.24, 2.45) is 5.73 Å². The Kier molecular flexibility index (Phi) is 8.11. The molecule has 7 nitrogen and oxygen atoms in total. The van der Waals surface area contributed by atoms with E-state index < -0.39 is 29.9 Å². The van der Waals surface area contributed by atoms with Gasteiger partial charge in [0.15, 0.2) is 6.10 Å². The van der Waals surface area contributed by atoms with E-state index in [1.807, 2.05) is 6.26 Å². The van der Waals surface area contributed by atoms with Gasteiger partial charge in [0.1, 0.15) is 11.8 Å². The first-order valence-corrected chi connectivity index (χ1v) is 8.72. The highest BCUT2D eigenvalue weighted by Crippen LogP contribution is 2.17. The Labute approximate surface area is 145 Å². The van der Waals surface area contributed by atoms with Crippen LogP contribution in [0.3, 0.4) is 0 Å². The minimum absolute atomic E-state index is 0.310. The van der Waals surface area contributed by atoms with E-state index in [4.69, 9.17) is 15.2 Å². The van der Waals surface area contributed by atoms with E-state index in [0.29, 0.717) is 23.5 Å². The molecule has 1 aromatic carbocycles. The maximum atomic E-state index is 12.4. The summed E-state index contributed by atoms with van der Waals surface area (Å²) >= 11 is 1.53. The Morgan fingerprint density at radius 1 is 1.29 bits per heavy atom. The summed E-state index contributed by atoms with van der Waals surface area (Å²) in [5.74, 6) is -0.863. The minimum atomic E-state index is -1.06. The summed E-state index contributed by atoms with van der Waals surface area (Å²) in [4.78, 5) is 35.7. The van der Waals surface area contributed by atoms with Crippen molar-refractivity contribution in [2.75, 3.05) is 19.1 Å². The number of ether oxygens (including phenoxy) is 2. The molecule has 24 heavy (non-hydrogen) atoms. The van der Waals surface area contributed by atoms with E-state index in [1.54, 1.807) is 24.3 Å². The summed E-state index contributed by atoms with van der Waals surface area (Å²) in [6.45, 7) is 1.38. The molecule has 132 valence electrons. The quantitative estimate of drug-likeness (QED) is 0.640. The van der Waals surface area contributed by atoms with E-state index >= 15 is 0 Å². The van der Waals surface area contributed by atoms with Gasteiger partial charge in [0, 0.05) is 0 Å². The van der Waals surface area contributed by atoms with Gasteiger partial charge in [0.05, 0.1) is 12.7 Å². The number of nitrogens with one attached hydrogen (secondary N) is 1. The molecule has 0 saturated heterocycles. The highest BCUT2D eigenvalue weighted by Gasteiger charge is 2.26. The van der Waals surface area contributed by atoms with Gasteiger partial charge in [0.2, 0.25) is 0 Å². The molecule has 0 bridgehead atoms. The number of methoxy groups -OCH3 is 1. The summed E-state index contributed by atoms with van der Waals surface area (Å²) in [6.07, 6.45) is 1.19. The number of carbonyl (C=O) groups excluding carboxylic acids is 3. The Balaban J connectivity index is 2.86. The second kappa shape index (κ2) is 9.82. The predicted molar refractivity (Wildman–Crippen MR) is 92.0 cm³/mol. The van der Waals surface area contributed by atoms with Gasteiger partial charge < -0.3 is 20.5 Å². The first-order valence-electron chi connectivity index (χ1n) is 7.33. The van der Waals surface area contributed by atoms with Crippen LogP contribution >= 0.6 is 11.8 Å². The van der Waals surface area contributed by atoms with Crippen LogP contribution in [0, 0.1) is 0 Å². The van der Waals surface area contributed by atoms with Gasteiger partial charge in [-0.25, -0.2) is 4.79 Å². The molecule has 1 rings (SSSR count). The molecule has 2 atom stereocenters. The molecule has 1 aromatic rings. The lowest BCUT2D eigenvalue weighted by atomic mass is 10.1. The maximum Gasteiger partial charge on any atom is 0.329 e. The monoisotopic (exact) mass is 354 g/mol. The lowest BCUT2D eigenvalue weighted by Gasteiger charge is -2.19. The molecule has 0 fully saturated rings. The van der Waals surface area contributed by atoms with Crippen molar-refractivity contribution in [3.05, 3.63) is 29.8 Å². The number of thioether (sulfide) groups is 1. The van der Waals surface area contributed by atoms with Crippen LogP contribution in [-0.2, 0) is 14.3 Å². The molecule has 0 aliphatic carbocycles. The third kappa shape index (κ3) is 5.77. The predicted octanol–water partition coefficient (Wildman–Crippen LogP) is 0.964. The molecule has 0 saturated carbocycles. The second-order valence-electron chi connectivity index (χ2n) is 4.99. The molecule has 0 aromatic heterocycles. The molecular weight excluding hydrogens is 332 g/mol. The van der Waals surface area contributed by atoms with Crippen LogP contribution in [0.1, 0.15) is 23.7 Å². The number of nitrogens with two attached hydrogens (primary N) is 1. The number of esters is 1. The van der Waals surface area contributed by atoms with Crippen molar-refractivity contribution in [1.82, 2.24) is 5.32 Å². The third-order valence-electron chi connectivity index (χ3n) is 3.25. The number of amides is 2. The van der Waals surface area contributed by atoms with Crippen molar-refractivity contribution >= 4 is 29.5 Å². The van der Waals surface area contributed by atoms with Gasteiger partial charge in [0.25, 0.3) is 11.8 Å². The molecule has 0 aliphatic rings. The average Bonchev–Trinajstić information content (AvgIpc) is 2.57. The highest BCUT2D eigenvalue weighted by atomic mass is 32.2. The molecule has 0 heterocycles. The van der Waals surface area contributed by atoms with E-state index in [9.17, 15) is 14.4 Å². The molecule has 0 aliphatic heterocycles. The third-order valence-corrected chi connectivity index (χ3v) is 3.89. The Morgan fingerprint density at radius 3 is 2.54 bits per heavy atom. The van der Waals surface area contributed by atoms with Crippen molar-refractivity contribution in [2.45, 2.75) is 25.5 Å². The lowest BCUT2D eigenvalue weighted by molar-refractivity contribution is -0.155. The van der Waals surface area contributed by atoms with Crippen LogP contribution in [0.25, 0.3) is 0 Å². The maximum absolute atomic E-state index is 12.4.